The number of anilines is 1. The molecule has 13 heteroatoms. The van der Waals surface area contributed by atoms with Gasteiger partial charge >= 0.3 is 12.1 Å². The summed E-state index contributed by atoms with van der Waals surface area (Å²) in [6.07, 6.45) is -0.305. The van der Waals surface area contributed by atoms with Crippen molar-refractivity contribution in [3.63, 3.8) is 0 Å². The quantitative estimate of drug-likeness (QED) is 0.267. The second kappa shape index (κ2) is 15.9. The van der Waals surface area contributed by atoms with Crippen molar-refractivity contribution < 1.29 is 46.5 Å². The van der Waals surface area contributed by atoms with E-state index in [4.69, 9.17) is 14.2 Å². The number of alkyl halides is 4. The Morgan fingerprint density at radius 2 is 1.63 bits per heavy atom. The van der Waals surface area contributed by atoms with Gasteiger partial charge in [-0.15, -0.1) is 0 Å². The number of piperidine rings is 1. The minimum atomic E-state index is -4.58. The fourth-order valence-corrected chi connectivity index (χ4v) is 9.07. The van der Waals surface area contributed by atoms with Crippen LogP contribution in [0.15, 0.2) is 42.5 Å². The maximum Gasteiger partial charge on any atom is 0.416 e. The van der Waals surface area contributed by atoms with Gasteiger partial charge in [-0.25, -0.2) is 4.39 Å². The van der Waals surface area contributed by atoms with Gasteiger partial charge in [0.2, 0.25) is 5.67 Å². The summed E-state index contributed by atoms with van der Waals surface area (Å²) in [6.45, 7) is 4.09. The molecule has 2 aromatic rings. The Hall–Kier alpha value is -3.42. The third-order valence-corrected chi connectivity index (χ3v) is 11.9. The Morgan fingerprint density at radius 1 is 0.942 bits per heavy atom. The number of hydrogen-bond donors (Lipinski definition) is 1. The molecule has 52 heavy (non-hydrogen) atoms. The minimum Gasteiger partial charge on any atom is -0.497 e. The van der Waals surface area contributed by atoms with Gasteiger partial charge in [-0.2, -0.15) is 13.2 Å². The summed E-state index contributed by atoms with van der Waals surface area (Å²) in [4.78, 5) is 31.8. The number of methoxy groups -OCH3 is 2. The number of carboxylic acid groups (broad SMARTS) is 1. The average Bonchev–Trinajstić information content (AvgIpc) is 3.73. The first kappa shape index (κ1) is 38.3. The predicted octanol–water partition coefficient (Wildman–Crippen LogP) is 6.36. The van der Waals surface area contributed by atoms with Crippen molar-refractivity contribution in [2.45, 2.75) is 81.3 Å². The number of benzene rings is 2. The molecule has 1 amide bonds. The van der Waals surface area contributed by atoms with Crippen molar-refractivity contribution in [1.29, 1.82) is 0 Å². The molecule has 2 aromatic carbocycles. The summed E-state index contributed by atoms with van der Waals surface area (Å²) in [6, 6.07) is 11.0. The van der Waals surface area contributed by atoms with Gasteiger partial charge in [0.15, 0.2) is 0 Å². The van der Waals surface area contributed by atoms with E-state index >= 15 is 4.39 Å². The van der Waals surface area contributed by atoms with Crippen molar-refractivity contribution in [2.24, 2.45) is 11.8 Å². The number of amides is 1. The molecule has 4 aliphatic rings. The number of halogens is 4. The second-order valence-corrected chi connectivity index (χ2v) is 14.9. The highest BCUT2D eigenvalue weighted by molar-refractivity contribution is 5.88. The Morgan fingerprint density at radius 3 is 2.23 bits per heavy atom. The van der Waals surface area contributed by atoms with Crippen molar-refractivity contribution in [1.82, 2.24) is 9.80 Å². The second-order valence-electron chi connectivity index (χ2n) is 14.9. The molecule has 3 aliphatic heterocycles. The fraction of sp³-hybridized carbons (Fsp3) is 0.641. The molecule has 1 N–H and O–H groups in total. The normalized spacial score (nSPS) is 29.1. The highest BCUT2D eigenvalue weighted by Gasteiger charge is 2.57. The van der Waals surface area contributed by atoms with Gasteiger partial charge in [0.1, 0.15) is 5.75 Å². The SMILES string of the molecule is CCO[C@H]1CC[C@@H](N2C[C@@H](c3ccc(OC)cc3)[C@](F)(C(=O)N3C[C@H](COC)[C@@H](c4ccc(C(F)(F)F)cc4N4CCC(C(=O)O)CC4)C3)C2)CC1. The summed E-state index contributed by atoms with van der Waals surface area (Å²) < 4.78 is 76.7. The maximum atomic E-state index is 17.9. The molecule has 6 rings (SSSR count). The number of ether oxygens (including phenoxy) is 3. The topological polar surface area (TPSA) is 91.8 Å². The van der Waals surface area contributed by atoms with Crippen LogP contribution in [0.25, 0.3) is 0 Å². The van der Waals surface area contributed by atoms with Gasteiger partial charge < -0.3 is 29.1 Å². The first-order chi connectivity index (χ1) is 24.9. The maximum absolute atomic E-state index is 17.9. The molecule has 1 aliphatic carbocycles. The number of carbonyl (C=O) groups is 2. The molecule has 9 nitrogen and oxygen atoms in total. The van der Waals surface area contributed by atoms with E-state index in [9.17, 15) is 27.9 Å². The molecule has 0 unspecified atom stereocenters. The molecule has 286 valence electrons. The average molecular weight is 734 g/mol. The van der Waals surface area contributed by atoms with Crippen LogP contribution in [-0.4, -0.2) is 111 Å². The number of rotatable bonds is 11. The van der Waals surface area contributed by atoms with Crippen LogP contribution >= 0.6 is 0 Å². The van der Waals surface area contributed by atoms with Gasteiger partial charge in [-0.3, -0.25) is 14.5 Å². The van der Waals surface area contributed by atoms with Crippen molar-refractivity contribution in [3.8, 4) is 5.75 Å². The zero-order valence-corrected chi connectivity index (χ0v) is 30.2. The highest BCUT2D eigenvalue weighted by Crippen LogP contribution is 2.47. The molecule has 3 heterocycles. The smallest absolute Gasteiger partial charge is 0.416 e. The van der Waals surface area contributed by atoms with Crippen molar-refractivity contribution >= 4 is 17.6 Å². The van der Waals surface area contributed by atoms with E-state index in [0.717, 1.165) is 37.8 Å². The molecular formula is C39H51F4N3O6. The standard InChI is InChI=1S/C39H51F4N3O6/c1-4-52-31-12-8-29(9-13-31)46-22-34(25-5-10-30(51-3)11-6-25)38(40,24-46)37(49)45-20-27(23-50-2)33(21-45)32-14-7-28(39(41,42)43)19-35(32)44-17-15-26(16-18-44)36(47)48/h5-7,10-11,14,19,26-27,29,31,33-34H,4,8-9,12-13,15-18,20-24H2,1-3H3,(H,47,48)/t27-,29-,31+,33+,34+,38+/m1/s1. The van der Waals surface area contributed by atoms with E-state index in [-0.39, 0.29) is 57.4 Å². The van der Waals surface area contributed by atoms with Gasteiger partial charge in [0.25, 0.3) is 5.91 Å². The third kappa shape index (κ3) is 7.91. The lowest BCUT2D eigenvalue weighted by Crippen LogP contribution is -2.50. The predicted molar refractivity (Wildman–Crippen MR) is 188 cm³/mol. The van der Waals surface area contributed by atoms with E-state index in [1.165, 1.54) is 13.2 Å². The Balaban J connectivity index is 1.29. The van der Waals surface area contributed by atoms with Gasteiger partial charge in [0.05, 0.1) is 31.3 Å². The number of carboxylic acids is 1. The summed E-state index contributed by atoms with van der Waals surface area (Å²) >= 11 is 0. The van der Waals surface area contributed by atoms with E-state index in [1.54, 1.807) is 24.1 Å². The van der Waals surface area contributed by atoms with Crippen LogP contribution in [0.4, 0.5) is 23.2 Å². The first-order valence-electron chi connectivity index (χ1n) is 18.5. The minimum absolute atomic E-state index is 0.0489. The van der Waals surface area contributed by atoms with Crippen LogP contribution in [0.2, 0.25) is 0 Å². The molecule has 0 aromatic heterocycles. The van der Waals surface area contributed by atoms with E-state index < -0.39 is 47.0 Å². The summed E-state index contributed by atoms with van der Waals surface area (Å²) in [5.41, 5.74) is -1.33. The number of nitrogens with zero attached hydrogens (tertiary/aromatic N) is 3. The molecule has 1 saturated carbocycles. The van der Waals surface area contributed by atoms with Crippen LogP contribution in [0, 0.1) is 11.8 Å². The molecule has 3 saturated heterocycles. The summed E-state index contributed by atoms with van der Waals surface area (Å²) in [7, 11) is 3.10. The van der Waals surface area contributed by atoms with E-state index in [1.807, 2.05) is 24.0 Å². The van der Waals surface area contributed by atoms with Gasteiger partial charge in [-0.05, 0) is 80.8 Å². The molecule has 4 fully saturated rings. The van der Waals surface area contributed by atoms with Gasteiger partial charge in [0, 0.05) is 82.5 Å². The summed E-state index contributed by atoms with van der Waals surface area (Å²) in [5.74, 6) is -2.90. The highest BCUT2D eigenvalue weighted by atomic mass is 19.4. The van der Waals surface area contributed by atoms with Gasteiger partial charge in [-0.1, -0.05) is 18.2 Å². The molecule has 4 atom stereocenters. The molecule has 0 spiro atoms. The number of hydrogen-bond acceptors (Lipinski definition) is 7. The van der Waals surface area contributed by atoms with E-state index in [2.05, 4.69) is 4.90 Å². The number of carbonyl (C=O) groups excluding carboxylic acids is 1. The van der Waals surface area contributed by atoms with E-state index in [0.29, 0.717) is 48.6 Å². The van der Waals surface area contributed by atoms with Crippen LogP contribution < -0.4 is 9.64 Å². The van der Waals surface area contributed by atoms with Crippen LogP contribution in [-0.2, 0) is 25.2 Å². The third-order valence-electron chi connectivity index (χ3n) is 11.9. The number of aliphatic carboxylic acids is 1. The van der Waals surface area contributed by atoms with Crippen LogP contribution in [0.5, 0.6) is 5.75 Å². The fourth-order valence-electron chi connectivity index (χ4n) is 9.07. The first-order valence-corrected chi connectivity index (χ1v) is 18.5. The van der Waals surface area contributed by atoms with Crippen molar-refractivity contribution in [3.05, 3.63) is 59.2 Å². The molecule has 0 bridgehead atoms. The Kier molecular flexibility index (Phi) is 11.7. The Bertz CT molecular complexity index is 1540. The lowest BCUT2D eigenvalue weighted by molar-refractivity contribution is -0.143. The largest absolute Gasteiger partial charge is 0.497 e. The van der Waals surface area contributed by atoms with Crippen LogP contribution in [0.3, 0.4) is 0 Å². The monoisotopic (exact) mass is 733 g/mol. The number of likely N-dealkylation sites (tertiary alicyclic amines) is 2. The zero-order valence-electron chi connectivity index (χ0n) is 30.2. The van der Waals surface area contributed by atoms with Crippen molar-refractivity contribution in [2.75, 3.05) is 71.6 Å². The Labute approximate surface area is 303 Å². The molecular weight excluding hydrogens is 682 g/mol. The zero-order chi connectivity index (χ0) is 37.2. The molecule has 0 radical (unpaired) electrons. The van der Waals surface area contributed by atoms with Crippen LogP contribution in [0.1, 0.15) is 74.0 Å². The summed E-state index contributed by atoms with van der Waals surface area (Å²) in [5, 5.41) is 9.53. The lowest BCUT2D eigenvalue weighted by atomic mass is 9.85. The lowest BCUT2D eigenvalue weighted by Gasteiger charge is -2.35.